The summed E-state index contributed by atoms with van der Waals surface area (Å²) in [5.74, 6) is -1.79. The lowest BCUT2D eigenvalue weighted by atomic mass is 10.0. The quantitative estimate of drug-likeness (QED) is 0.477. The molecule has 7 heteroatoms. The van der Waals surface area contributed by atoms with Gasteiger partial charge in [0.25, 0.3) is 0 Å². The molecule has 1 aliphatic rings. The standard InChI is InChI=1S/C26H25F2NO4/c1-32-25-15-24(28)23(27)14-22(25)18-7-9-21(10-8-18)33-16-17-4-2-5-19(12-17)29-11-3-6-20(29)13-26(30)31/h2,4-5,7-10,12,14-15,20H,3,6,11,13,16H2,1H3,(H,30,31). The van der Waals surface area contributed by atoms with Crippen molar-refractivity contribution < 1.29 is 28.2 Å². The molecule has 0 amide bonds. The van der Waals surface area contributed by atoms with Crippen molar-refractivity contribution in [2.45, 2.75) is 31.9 Å². The Morgan fingerprint density at radius 3 is 2.58 bits per heavy atom. The zero-order valence-corrected chi connectivity index (χ0v) is 18.3. The van der Waals surface area contributed by atoms with E-state index in [0.29, 0.717) is 23.5 Å². The molecule has 0 saturated carbocycles. The fourth-order valence-corrected chi connectivity index (χ4v) is 4.23. The molecule has 0 aliphatic carbocycles. The van der Waals surface area contributed by atoms with Gasteiger partial charge in [-0.3, -0.25) is 4.79 Å². The molecule has 4 rings (SSSR count). The second kappa shape index (κ2) is 9.90. The number of hydrogen-bond acceptors (Lipinski definition) is 4. The van der Waals surface area contributed by atoms with Gasteiger partial charge in [0.05, 0.1) is 13.5 Å². The third-order valence-corrected chi connectivity index (χ3v) is 5.84. The van der Waals surface area contributed by atoms with Gasteiger partial charge in [-0.15, -0.1) is 0 Å². The molecule has 0 radical (unpaired) electrons. The van der Waals surface area contributed by atoms with E-state index >= 15 is 0 Å². The number of benzene rings is 3. The second-order valence-electron chi connectivity index (χ2n) is 8.04. The first-order valence-electron chi connectivity index (χ1n) is 10.8. The number of nitrogens with zero attached hydrogens (tertiary/aromatic N) is 1. The fourth-order valence-electron chi connectivity index (χ4n) is 4.23. The third kappa shape index (κ3) is 5.25. The molecule has 1 aliphatic heterocycles. The van der Waals surface area contributed by atoms with Gasteiger partial charge in [0, 0.05) is 29.9 Å². The van der Waals surface area contributed by atoms with E-state index < -0.39 is 17.6 Å². The summed E-state index contributed by atoms with van der Waals surface area (Å²) in [6.45, 7) is 1.19. The normalized spacial score (nSPS) is 15.5. The van der Waals surface area contributed by atoms with Crippen molar-refractivity contribution in [3.8, 4) is 22.6 Å². The van der Waals surface area contributed by atoms with E-state index in [2.05, 4.69) is 4.90 Å². The summed E-state index contributed by atoms with van der Waals surface area (Å²) in [5, 5.41) is 9.16. The minimum atomic E-state index is -0.957. The van der Waals surface area contributed by atoms with E-state index in [4.69, 9.17) is 14.6 Å². The van der Waals surface area contributed by atoms with Crippen molar-refractivity contribution in [1.82, 2.24) is 0 Å². The SMILES string of the molecule is COc1cc(F)c(F)cc1-c1ccc(OCc2cccc(N3CCCC3CC(=O)O)c2)cc1. The Hall–Kier alpha value is -3.61. The third-order valence-electron chi connectivity index (χ3n) is 5.84. The largest absolute Gasteiger partial charge is 0.496 e. The molecule has 3 aromatic rings. The van der Waals surface area contributed by atoms with Crippen molar-refractivity contribution in [3.05, 3.63) is 77.9 Å². The van der Waals surface area contributed by atoms with E-state index in [9.17, 15) is 13.6 Å². The molecule has 172 valence electrons. The predicted molar refractivity (Wildman–Crippen MR) is 122 cm³/mol. The molecule has 1 heterocycles. The predicted octanol–water partition coefficient (Wildman–Crippen LogP) is 5.66. The number of aliphatic carboxylic acids is 1. The number of ether oxygens (including phenoxy) is 2. The number of hydrogen-bond donors (Lipinski definition) is 1. The van der Waals surface area contributed by atoms with Gasteiger partial charge >= 0.3 is 5.97 Å². The van der Waals surface area contributed by atoms with E-state index in [1.165, 1.54) is 7.11 Å². The first kappa shape index (κ1) is 22.6. The zero-order chi connectivity index (χ0) is 23.4. The molecule has 0 bridgehead atoms. The number of carboxylic acid groups (broad SMARTS) is 1. The van der Waals surface area contributed by atoms with Crippen molar-refractivity contribution in [3.63, 3.8) is 0 Å². The zero-order valence-electron chi connectivity index (χ0n) is 18.3. The average Bonchev–Trinajstić information content (AvgIpc) is 3.27. The van der Waals surface area contributed by atoms with Crippen LogP contribution >= 0.6 is 0 Å². The van der Waals surface area contributed by atoms with Crippen LogP contribution in [-0.2, 0) is 11.4 Å². The maximum absolute atomic E-state index is 13.7. The Morgan fingerprint density at radius 1 is 1.09 bits per heavy atom. The summed E-state index contributed by atoms with van der Waals surface area (Å²) in [6.07, 6.45) is 1.99. The summed E-state index contributed by atoms with van der Waals surface area (Å²) in [5.41, 5.74) is 3.11. The smallest absolute Gasteiger partial charge is 0.305 e. The number of rotatable bonds is 8. The highest BCUT2D eigenvalue weighted by Gasteiger charge is 2.26. The van der Waals surface area contributed by atoms with Crippen LogP contribution in [-0.4, -0.2) is 30.8 Å². The molecule has 1 atom stereocenters. The molecule has 3 aromatic carbocycles. The first-order chi connectivity index (χ1) is 15.9. The van der Waals surface area contributed by atoms with Crippen LogP contribution in [0.4, 0.5) is 14.5 Å². The summed E-state index contributed by atoms with van der Waals surface area (Å²) in [7, 11) is 1.41. The topological polar surface area (TPSA) is 59.0 Å². The number of halogens is 2. The van der Waals surface area contributed by atoms with Crippen LogP contribution in [0.2, 0.25) is 0 Å². The highest BCUT2D eigenvalue weighted by Crippen LogP contribution is 2.33. The Bertz CT molecular complexity index is 1130. The minimum absolute atomic E-state index is 0.0134. The molecule has 5 nitrogen and oxygen atoms in total. The van der Waals surface area contributed by atoms with Gasteiger partial charge < -0.3 is 19.5 Å². The highest BCUT2D eigenvalue weighted by atomic mass is 19.2. The maximum atomic E-state index is 13.7. The highest BCUT2D eigenvalue weighted by molar-refractivity contribution is 5.71. The molecule has 1 N–H and O–H groups in total. The van der Waals surface area contributed by atoms with Gasteiger partial charge in [-0.25, -0.2) is 8.78 Å². The van der Waals surface area contributed by atoms with Gasteiger partial charge in [-0.1, -0.05) is 24.3 Å². The van der Waals surface area contributed by atoms with E-state index in [-0.39, 0.29) is 18.2 Å². The molecule has 33 heavy (non-hydrogen) atoms. The monoisotopic (exact) mass is 453 g/mol. The molecule has 1 saturated heterocycles. The van der Waals surface area contributed by atoms with Gasteiger partial charge in [0.2, 0.25) is 0 Å². The Labute approximate surface area is 191 Å². The lowest BCUT2D eigenvalue weighted by Crippen LogP contribution is -2.31. The van der Waals surface area contributed by atoms with Crippen LogP contribution in [0, 0.1) is 11.6 Å². The minimum Gasteiger partial charge on any atom is -0.496 e. The van der Waals surface area contributed by atoms with Crippen LogP contribution in [0.1, 0.15) is 24.8 Å². The number of carboxylic acids is 1. The van der Waals surface area contributed by atoms with E-state index in [1.807, 2.05) is 24.3 Å². The van der Waals surface area contributed by atoms with Crippen LogP contribution in [0.25, 0.3) is 11.1 Å². The number of carbonyl (C=O) groups is 1. The Morgan fingerprint density at radius 2 is 1.85 bits per heavy atom. The fraction of sp³-hybridized carbons (Fsp3) is 0.269. The average molecular weight is 453 g/mol. The van der Waals surface area contributed by atoms with Crippen LogP contribution in [0.15, 0.2) is 60.7 Å². The molecular formula is C26H25F2NO4. The molecule has 0 spiro atoms. The lowest BCUT2D eigenvalue weighted by molar-refractivity contribution is -0.137. The summed E-state index contributed by atoms with van der Waals surface area (Å²) < 4.78 is 38.3. The molecule has 1 fully saturated rings. The maximum Gasteiger partial charge on any atom is 0.305 e. The Balaban J connectivity index is 1.44. The van der Waals surface area contributed by atoms with Crippen LogP contribution in [0.3, 0.4) is 0 Å². The summed E-state index contributed by atoms with van der Waals surface area (Å²) >= 11 is 0. The summed E-state index contributed by atoms with van der Waals surface area (Å²) in [6, 6.07) is 17.2. The van der Waals surface area contributed by atoms with Crippen molar-refractivity contribution >= 4 is 11.7 Å². The number of anilines is 1. The molecule has 0 aromatic heterocycles. The lowest BCUT2D eigenvalue weighted by Gasteiger charge is -2.26. The first-order valence-corrected chi connectivity index (χ1v) is 10.8. The van der Waals surface area contributed by atoms with E-state index in [1.54, 1.807) is 24.3 Å². The van der Waals surface area contributed by atoms with Crippen molar-refractivity contribution in [1.29, 1.82) is 0 Å². The van der Waals surface area contributed by atoms with Crippen molar-refractivity contribution in [2.75, 3.05) is 18.6 Å². The van der Waals surface area contributed by atoms with Crippen molar-refractivity contribution in [2.24, 2.45) is 0 Å². The molecular weight excluding hydrogens is 428 g/mol. The van der Waals surface area contributed by atoms with E-state index in [0.717, 1.165) is 42.8 Å². The van der Waals surface area contributed by atoms with Gasteiger partial charge in [-0.2, -0.15) is 0 Å². The van der Waals surface area contributed by atoms with Gasteiger partial charge in [0.1, 0.15) is 18.1 Å². The summed E-state index contributed by atoms with van der Waals surface area (Å²) in [4.78, 5) is 13.3. The van der Waals surface area contributed by atoms with Crippen LogP contribution in [0.5, 0.6) is 11.5 Å². The second-order valence-corrected chi connectivity index (χ2v) is 8.04. The van der Waals surface area contributed by atoms with Crippen LogP contribution < -0.4 is 14.4 Å². The molecule has 1 unspecified atom stereocenters. The van der Waals surface area contributed by atoms with Gasteiger partial charge in [0.15, 0.2) is 11.6 Å². The number of methoxy groups -OCH3 is 1. The van der Waals surface area contributed by atoms with Gasteiger partial charge in [-0.05, 0) is 54.3 Å². The Kier molecular flexibility index (Phi) is 6.77.